The number of ether oxygens (including phenoxy) is 4. The van der Waals surface area contributed by atoms with Crippen LogP contribution in [0.4, 0.5) is 0 Å². The van der Waals surface area contributed by atoms with Crippen molar-refractivity contribution in [3.05, 3.63) is 60.3 Å². The van der Waals surface area contributed by atoms with Gasteiger partial charge in [-0.3, -0.25) is 19.2 Å². The number of allylic oxidation sites excluding steroid dienone is 4. The maximum absolute atomic E-state index is 12.7. The SMILES string of the molecule is C/C=C1\C[C@@H](CC(O)CO)O[C@@](C)(C(C)(C)/C=C/C=O)[C@H]1OC(=O)CCCCCCC.C=CC[C@@H]1C/C(=C\C)[C@H](OC(=O)CCCCCCC)[C@](C)(C(C)(C)/C=C/C=O)O1. The fourth-order valence-corrected chi connectivity index (χ4v) is 8.08. The van der Waals surface area contributed by atoms with Crippen LogP contribution in [0.15, 0.2) is 60.3 Å². The van der Waals surface area contributed by atoms with Gasteiger partial charge in [-0.05, 0) is 83.1 Å². The lowest BCUT2D eigenvalue weighted by Gasteiger charge is -2.52. The third-order valence-corrected chi connectivity index (χ3v) is 12.5. The van der Waals surface area contributed by atoms with Gasteiger partial charge in [0.1, 0.15) is 23.8 Å². The average molecular weight is 843 g/mol. The molecule has 342 valence electrons. The van der Waals surface area contributed by atoms with E-state index in [2.05, 4.69) is 20.4 Å². The lowest BCUT2D eigenvalue weighted by atomic mass is 9.68. The molecular weight excluding hydrogens is 761 g/mol. The van der Waals surface area contributed by atoms with Crippen LogP contribution in [0, 0.1) is 10.8 Å². The molecule has 2 N–H and O–H groups in total. The minimum Gasteiger partial charge on any atom is -0.455 e. The summed E-state index contributed by atoms with van der Waals surface area (Å²) in [6, 6.07) is 0. The van der Waals surface area contributed by atoms with Gasteiger partial charge in [-0.1, -0.05) is 123 Å². The van der Waals surface area contributed by atoms with Crippen molar-refractivity contribution < 1.29 is 48.3 Å². The van der Waals surface area contributed by atoms with E-state index in [1.165, 1.54) is 31.4 Å². The number of unbranched alkanes of at least 4 members (excludes halogenated alkanes) is 8. The van der Waals surface area contributed by atoms with Crippen molar-refractivity contribution in [3.63, 3.8) is 0 Å². The molecule has 2 rings (SSSR count). The summed E-state index contributed by atoms with van der Waals surface area (Å²) < 4.78 is 25.0. The van der Waals surface area contributed by atoms with Gasteiger partial charge in [0.2, 0.25) is 0 Å². The summed E-state index contributed by atoms with van der Waals surface area (Å²) >= 11 is 0. The second kappa shape index (κ2) is 27.7. The van der Waals surface area contributed by atoms with Crippen LogP contribution >= 0.6 is 0 Å². The normalized spacial score (nSPS) is 26.7. The van der Waals surface area contributed by atoms with Crippen LogP contribution in [0.3, 0.4) is 0 Å². The van der Waals surface area contributed by atoms with Gasteiger partial charge in [0.15, 0.2) is 12.2 Å². The topological polar surface area (TPSA) is 146 Å². The van der Waals surface area contributed by atoms with Crippen molar-refractivity contribution in [2.75, 3.05) is 6.61 Å². The first-order valence-corrected chi connectivity index (χ1v) is 22.6. The number of carbonyl (C=O) groups excluding carboxylic acids is 4. The number of carbonyl (C=O) groups is 4. The predicted octanol–water partition coefficient (Wildman–Crippen LogP) is 10.4. The lowest BCUT2D eigenvalue weighted by Crippen LogP contribution is -2.60. The van der Waals surface area contributed by atoms with Gasteiger partial charge < -0.3 is 29.2 Å². The molecule has 10 nitrogen and oxygen atoms in total. The van der Waals surface area contributed by atoms with E-state index in [0.29, 0.717) is 25.7 Å². The molecule has 0 spiro atoms. The number of hydrogen-bond donors (Lipinski definition) is 2. The molecule has 0 saturated carbocycles. The highest BCUT2D eigenvalue weighted by atomic mass is 16.6. The van der Waals surface area contributed by atoms with Gasteiger partial charge in [-0.15, -0.1) is 6.58 Å². The minimum absolute atomic E-state index is 0.0309. The molecule has 0 amide bonds. The molecule has 0 aromatic rings. The van der Waals surface area contributed by atoms with Gasteiger partial charge in [-0.25, -0.2) is 0 Å². The van der Waals surface area contributed by atoms with E-state index < -0.39 is 40.3 Å². The van der Waals surface area contributed by atoms with Crippen molar-refractivity contribution in [2.24, 2.45) is 10.8 Å². The molecule has 10 heteroatoms. The van der Waals surface area contributed by atoms with Crippen LogP contribution in [0.2, 0.25) is 0 Å². The molecule has 0 aromatic carbocycles. The first kappa shape index (κ1) is 54.8. The first-order chi connectivity index (χ1) is 28.4. The molecular formula is C50H82O10. The van der Waals surface area contributed by atoms with E-state index in [-0.39, 0.29) is 37.2 Å². The number of rotatable bonds is 25. The molecule has 2 heterocycles. The zero-order valence-corrected chi connectivity index (χ0v) is 39.0. The van der Waals surface area contributed by atoms with Crippen LogP contribution in [-0.4, -0.2) is 83.1 Å². The summed E-state index contributed by atoms with van der Waals surface area (Å²) in [6.07, 6.45) is 25.2. The fourth-order valence-electron chi connectivity index (χ4n) is 8.08. The molecule has 0 radical (unpaired) electrons. The monoisotopic (exact) mass is 843 g/mol. The number of aliphatic hydroxyl groups excluding tert-OH is 2. The second-order valence-electron chi connectivity index (χ2n) is 17.9. The van der Waals surface area contributed by atoms with E-state index in [1.807, 2.05) is 79.7 Å². The molecule has 2 aliphatic rings. The highest BCUT2D eigenvalue weighted by Gasteiger charge is 2.55. The maximum atomic E-state index is 12.7. The largest absolute Gasteiger partial charge is 0.455 e. The Hall–Kier alpha value is -3.18. The highest BCUT2D eigenvalue weighted by molar-refractivity contribution is 5.70. The Morgan fingerprint density at radius 3 is 1.52 bits per heavy atom. The van der Waals surface area contributed by atoms with Gasteiger partial charge in [-0.2, -0.15) is 0 Å². The Bertz CT molecular complexity index is 1440. The smallest absolute Gasteiger partial charge is 0.306 e. The Morgan fingerprint density at radius 2 is 1.15 bits per heavy atom. The van der Waals surface area contributed by atoms with Crippen molar-refractivity contribution in [1.29, 1.82) is 0 Å². The molecule has 60 heavy (non-hydrogen) atoms. The van der Waals surface area contributed by atoms with Gasteiger partial charge in [0.05, 0.1) is 24.9 Å². The van der Waals surface area contributed by atoms with Crippen molar-refractivity contribution in [3.8, 4) is 0 Å². The van der Waals surface area contributed by atoms with E-state index >= 15 is 0 Å². The fraction of sp³-hybridized carbons (Fsp3) is 0.720. The highest BCUT2D eigenvalue weighted by Crippen LogP contribution is 2.49. The van der Waals surface area contributed by atoms with E-state index in [4.69, 9.17) is 18.9 Å². The quantitative estimate of drug-likeness (QED) is 0.0299. The van der Waals surface area contributed by atoms with Crippen molar-refractivity contribution >= 4 is 24.5 Å². The molecule has 0 bridgehead atoms. The third kappa shape index (κ3) is 16.6. The van der Waals surface area contributed by atoms with Gasteiger partial charge >= 0.3 is 11.9 Å². The molecule has 2 fully saturated rings. The van der Waals surface area contributed by atoms with Crippen LogP contribution in [0.1, 0.15) is 172 Å². The molecule has 0 aliphatic carbocycles. The molecule has 0 aromatic heterocycles. The standard InChI is InChI=1S/C25H42O6.C25H40O4/c1-6-8-9-10-11-13-22(29)30-23-19(7-2)16-21(17-20(28)18-27)31-25(23,5)24(3,4)14-12-15-26;1-7-10-11-12-13-16-22(27)28-23-20(9-3)19-21(15-8-2)29-25(23,6)24(4,5)17-14-18-26/h7,12,14-15,20-21,23,27-28H,6,8-11,13,16-18H2,1-5H3;8-9,14,17-18,21,23H,2,7,10-13,15-16,19H2,1,3-6H3/b14-12+,19-7+;17-14+,20-9+/t20?,21-,23-,25+;21-,23+,25-/m01/s1. The molecule has 2 saturated heterocycles. The van der Waals surface area contributed by atoms with E-state index in [0.717, 1.165) is 75.1 Å². The summed E-state index contributed by atoms with van der Waals surface area (Å²) in [5.74, 6) is -0.433. The summed E-state index contributed by atoms with van der Waals surface area (Å²) in [5.41, 5.74) is -0.915. The Balaban J connectivity index is 0.000000601. The predicted molar refractivity (Wildman–Crippen MR) is 240 cm³/mol. The maximum Gasteiger partial charge on any atom is 0.306 e. The summed E-state index contributed by atoms with van der Waals surface area (Å²) in [6.45, 7) is 23.5. The number of aliphatic hydroxyl groups is 2. The summed E-state index contributed by atoms with van der Waals surface area (Å²) in [7, 11) is 0. The number of aldehydes is 2. The molecule has 2 aliphatic heterocycles. The van der Waals surface area contributed by atoms with Crippen molar-refractivity contribution in [1.82, 2.24) is 0 Å². The van der Waals surface area contributed by atoms with Crippen LogP contribution in [0.25, 0.3) is 0 Å². The lowest BCUT2D eigenvalue weighted by molar-refractivity contribution is -0.218. The Kier molecular flexibility index (Phi) is 25.3. The van der Waals surface area contributed by atoms with Gasteiger partial charge in [0.25, 0.3) is 0 Å². The Labute approximate surface area is 363 Å². The first-order valence-electron chi connectivity index (χ1n) is 22.6. The van der Waals surface area contributed by atoms with Crippen LogP contribution < -0.4 is 0 Å². The zero-order valence-electron chi connectivity index (χ0n) is 39.0. The van der Waals surface area contributed by atoms with E-state index in [9.17, 15) is 29.4 Å². The number of hydrogen-bond acceptors (Lipinski definition) is 10. The Morgan fingerprint density at radius 1 is 0.750 bits per heavy atom. The second-order valence-corrected chi connectivity index (χ2v) is 17.9. The molecule has 1 unspecified atom stereocenters. The third-order valence-electron chi connectivity index (χ3n) is 12.5. The number of esters is 2. The zero-order chi connectivity index (χ0) is 45.4. The van der Waals surface area contributed by atoms with Crippen molar-refractivity contribution in [2.45, 2.75) is 214 Å². The van der Waals surface area contributed by atoms with E-state index in [1.54, 1.807) is 6.08 Å². The average Bonchev–Trinajstić information content (AvgIpc) is 3.21. The molecule has 7 atom stereocenters. The minimum atomic E-state index is -0.954. The summed E-state index contributed by atoms with van der Waals surface area (Å²) in [5, 5.41) is 19.2. The summed E-state index contributed by atoms with van der Waals surface area (Å²) in [4.78, 5) is 47.2. The van der Waals surface area contributed by atoms with Gasteiger partial charge in [0, 0.05) is 30.1 Å². The van der Waals surface area contributed by atoms with Crippen LogP contribution in [-0.2, 0) is 38.1 Å². The van der Waals surface area contributed by atoms with Crippen LogP contribution in [0.5, 0.6) is 0 Å².